The van der Waals surface area contributed by atoms with Crippen LogP contribution in [0.4, 0.5) is 25.4 Å². The highest BCUT2D eigenvalue weighted by Crippen LogP contribution is 2.35. The molecule has 186 valence electrons. The fourth-order valence-corrected chi connectivity index (χ4v) is 4.66. The number of halogens is 2. The van der Waals surface area contributed by atoms with E-state index < -0.39 is 23.3 Å². The van der Waals surface area contributed by atoms with Crippen LogP contribution in [0.5, 0.6) is 0 Å². The molecule has 0 aliphatic rings. The molecular formula is C26H20F2N6O2S. The molecule has 11 heteroatoms. The standard InChI is InChI=1S/C26H20F2N6O2S/c1-26(36,15-5-6-18(27)19(28)12-15)34-25(35)16-3-2-10-30-24(16)33-22-9-8-21(37-22)14-4-7-20-17(11-14)23(29)32-13-31-20/h2-13,36H,1H3,(H,30,33)(H,34,35)(H2,29,31,32)/t26-/m1/s1. The number of rotatable bonds is 6. The second-order valence-corrected chi connectivity index (χ2v) is 9.42. The van der Waals surface area contributed by atoms with Crippen molar-refractivity contribution in [3.63, 3.8) is 0 Å². The van der Waals surface area contributed by atoms with Crippen molar-refractivity contribution in [2.75, 3.05) is 11.1 Å². The number of nitrogens with two attached hydrogens (primary N) is 1. The van der Waals surface area contributed by atoms with Gasteiger partial charge < -0.3 is 21.5 Å². The number of aliphatic hydroxyl groups is 1. The number of carbonyl (C=O) groups excluding carboxylic acids is 1. The van der Waals surface area contributed by atoms with E-state index in [1.165, 1.54) is 42.9 Å². The van der Waals surface area contributed by atoms with E-state index in [4.69, 9.17) is 5.73 Å². The van der Waals surface area contributed by atoms with E-state index in [1.54, 1.807) is 6.07 Å². The lowest BCUT2D eigenvalue weighted by atomic mass is 10.0. The van der Waals surface area contributed by atoms with E-state index in [2.05, 4.69) is 25.6 Å². The van der Waals surface area contributed by atoms with E-state index in [0.717, 1.165) is 33.5 Å². The summed E-state index contributed by atoms with van der Waals surface area (Å²) in [5.41, 5.74) is 5.84. The number of aromatic nitrogens is 3. The van der Waals surface area contributed by atoms with Crippen LogP contribution in [0.25, 0.3) is 21.3 Å². The van der Waals surface area contributed by atoms with E-state index in [1.807, 2.05) is 30.3 Å². The molecule has 1 amide bonds. The summed E-state index contributed by atoms with van der Waals surface area (Å²) in [6, 6.07) is 15.5. The second kappa shape index (κ2) is 9.52. The van der Waals surface area contributed by atoms with Gasteiger partial charge in [-0.05, 0) is 61.0 Å². The number of nitrogens with one attached hydrogen (secondary N) is 2. The first-order valence-electron chi connectivity index (χ1n) is 11.0. The van der Waals surface area contributed by atoms with Gasteiger partial charge in [-0.25, -0.2) is 23.7 Å². The lowest BCUT2D eigenvalue weighted by Gasteiger charge is -2.25. The van der Waals surface area contributed by atoms with Crippen molar-refractivity contribution in [3.05, 3.63) is 95.9 Å². The van der Waals surface area contributed by atoms with Gasteiger partial charge in [0, 0.05) is 22.0 Å². The Balaban J connectivity index is 1.37. The average Bonchev–Trinajstić information content (AvgIpc) is 3.34. The molecule has 0 aliphatic heterocycles. The molecule has 5 rings (SSSR count). The highest BCUT2D eigenvalue weighted by molar-refractivity contribution is 7.19. The SMILES string of the molecule is C[C@](O)(NC(=O)c1cccnc1Nc1ccc(-c2ccc3ncnc(N)c3c2)s1)c1ccc(F)c(F)c1. The molecule has 0 fully saturated rings. The van der Waals surface area contributed by atoms with Gasteiger partial charge in [-0.3, -0.25) is 4.79 Å². The third-order valence-electron chi connectivity index (χ3n) is 5.69. The number of carbonyl (C=O) groups is 1. The number of pyridine rings is 1. The Labute approximate surface area is 213 Å². The maximum Gasteiger partial charge on any atom is 0.257 e. The summed E-state index contributed by atoms with van der Waals surface area (Å²) in [4.78, 5) is 26.5. The Bertz CT molecular complexity index is 1640. The van der Waals surface area contributed by atoms with Crippen LogP contribution in [0, 0.1) is 11.6 Å². The minimum absolute atomic E-state index is 0.0116. The second-order valence-electron chi connectivity index (χ2n) is 8.33. The first-order valence-corrected chi connectivity index (χ1v) is 11.9. The van der Waals surface area contributed by atoms with Crippen molar-refractivity contribution in [3.8, 4) is 10.4 Å². The summed E-state index contributed by atoms with van der Waals surface area (Å²) in [6.07, 6.45) is 2.94. The number of fused-ring (bicyclic) bond motifs is 1. The van der Waals surface area contributed by atoms with Crippen molar-refractivity contribution in [1.29, 1.82) is 0 Å². The predicted octanol–water partition coefficient (Wildman–Crippen LogP) is 4.95. The number of nitrogens with zero attached hydrogens (tertiary/aromatic N) is 3. The van der Waals surface area contributed by atoms with Gasteiger partial charge in [0.15, 0.2) is 17.4 Å². The van der Waals surface area contributed by atoms with Crippen molar-refractivity contribution in [2.45, 2.75) is 12.6 Å². The Morgan fingerprint density at radius 2 is 1.86 bits per heavy atom. The third kappa shape index (κ3) is 4.95. The molecule has 2 aromatic carbocycles. The number of hydrogen-bond acceptors (Lipinski definition) is 8. The summed E-state index contributed by atoms with van der Waals surface area (Å²) in [6.45, 7) is 1.27. The van der Waals surface area contributed by atoms with Crippen LogP contribution in [-0.2, 0) is 5.72 Å². The minimum atomic E-state index is -1.96. The highest BCUT2D eigenvalue weighted by atomic mass is 32.1. The molecule has 0 unspecified atom stereocenters. The van der Waals surface area contributed by atoms with Gasteiger partial charge >= 0.3 is 0 Å². The Hall–Kier alpha value is -4.48. The average molecular weight is 519 g/mol. The first-order chi connectivity index (χ1) is 17.7. The van der Waals surface area contributed by atoms with Crippen LogP contribution in [0.15, 0.2) is 73.2 Å². The van der Waals surface area contributed by atoms with Crippen LogP contribution in [-0.4, -0.2) is 26.0 Å². The van der Waals surface area contributed by atoms with E-state index in [9.17, 15) is 18.7 Å². The molecule has 5 aromatic rings. The van der Waals surface area contributed by atoms with Crippen molar-refractivity contribution >= 4 is 44.8 Å². The molecule has 3 aromatic heterocycles. The molecule has 1 atom stereocenters. The topological polar surface area (TPSA) is 126 Å². The summed E-state index contributed by atoms with van der Waals surface area (Å²) >= 11 is 1.44. The zero-order valence-corrected chi connectivity index (χ0v) is 20.2. The third-order valence-corrected chi connectivity index (χ3v) is 6.74. The number of amides is 1. The summed E-state index contributed by atoms with van der Waals surface area (Å²) in [5.74, 6) is -2.20. The zero-order valence-electron chi connectivity index (χ0n) is 19.4. The van der Waals surface area contributed by atoms with Gasteiger partial charge in [0.1, 0.15) is 18.0 Å². The molecule has 0 radical (unpaired) electrons. The molecule has 37 heavy (non-hydrogen) atoms. The summed E-state index contributed by atoms with van der Waals surface area (Å²) in [5, 5.41) is 17.8. The molecule has 3 heterocycles. The molecular weight excluding hydrogens is 498 g/mol. The lowest BCUT2D eigenvalue weighted by Crippen LogP contribution is -2.43. The quantitative estimate of drug-likeness (QED) is 0.234. The van der Waals surface area contributed by atoms with E-state index in [0.29, 0.717) is 10.8 Å². The monoisotopic (exact) mass is 518 g/mol. The van der Waals surface area contributed by atoms with Gasteiger partial charge in [-0.15, -0.1) is 11.3 Å². The predicted molar refractivity (Wildman–Crippen MR) is 138 cm³/mol. The molecule has 5 N–H and O–H groups in total. The highest BCUT2D eigenvalue weighted by Gasteiger charge is 2.28. The molecule has 0 saturated carbocycles. The van der Waals surface area contributed by atoms with Crippen LogP contribution < -0.4 is 16.4 Å². The summed E-state index contributed by atoms with van der Waals surface area (Å²) in [7, 11) is 0. The van der Waals surface area contributed by atoms with Crippen molar-refractivity contribution in [1.82, 2.24) is 20.3 Å². The number of thiophene rings is 1. The first kappa shape index (κ1) is 24.2. The molecule has 0 saturated heterocycles. The smallest absolute Gasteiger partial charge is 0.257 e. The normalized spacial score (nSPS) is 12.8. The largest absolute Gasteiger partial charge is 0.383 e. The zero-order chi connectivity index (χ0) is 26.2. The fourth-order valence-electron chi connectivity index (χ4n) is 3.75. The molecule has 0 bridgehead atoms. The molecule has 0 aliphatic carbocycles. The van der Waals surface area contributed by atoms with Gasteiger partial charge in [0.25, 0.3) is 5.91 Å². The lowest BCUT2D eigenvalue weighted by molar-refractivity contribution is 0.0194. The van der Waals surface area contributed by atoms with E-state index >= 15 is 0 Å². The van der Waals surface area contributed by atoms with Gasteiger partial charge in [-0.1, -0.05) is 12.1 Å². The molecule has 8 nitrogen and oxygen atoms in total. The van der Waals surface area contributed by atoms with Crippen molar-refractivity contribution in [2.24, 2.45) is 0 Å². The molecule has 0 spiro atoms. The van der Waals surface area contributed by atoms with E-state index in [-0.39, 0.29) is 16.9 Å². The number of anilines is 3. The van der Waals surface area contributed by atoms with Crippen molar-refractivity contribution < 1.29 is 18.7 Å². The summed E-state index contributed by atoms with van der Waals surface area (Å²) < 4.78 is 27.0. The number of nitrogen functional groups attached to an aromatic ring is 1. The minimum Gasteiger partial charge on any atom is -0.383 e. The van der Waals surface area contributed by atoms with Crippen LogP contribution in [0.3, 0.4) is 0 Å². The number of hydrogen-bond donors (Lipinski definition) is 4. The fraction of sp³-hybridized carbons (Fsp3) is 0.0769. The van der Waals surface area contributed by atoms with Crippen LogP contribution >= 0.6 is 11.3 Å². The van der Waals surface area contributed by atoms with Crippen LogP contribution in [0.2, 0.25) is 0 Å². The van der Waals surface area contributed by atoms with Crippen LogP contribution in [0.1, 0.15) is 22.8 Å². The number of benzene rings is 2. The van der Waals surface area contributed by atoms with Gasteiger partial charge in [-0.2, -0.15) is 0 Å². The maximum absolute atomic E-state index is 13.7. The maximum atomic E-state index is 13.7. The Kier molecular flexibility index (Phi) is 6.24. The Morgan fingerprint density at radius 3 is 2.68 bits per heavy atom. The Morgan fingerprint density at radius 1 is 1.03 bits per heavy atom. The van der Waals surface area contributed by atoms with Gasteiger partial charge in [0.05, 0.1) is 16.1 Å². The van der Waals surface area contributed by atoms with Gasteiger partial charge in [0.2, 0.25) is 0 Å².